The third kappa shape index (κ3) is 3.11. The molecule has 27 heavy (non-hydrogen) atoms. The SMILES string of the molecule is Brc1nc(-c2ccc3ccccc3c2)cc(-c2ccc3ccccc3c2)n1. The highest BCUT2D eigenvalue weighted by Crippen LogP contribution is 2.29. The predicted octanol–water partition coefficient (Wildman–Crippen LogP) is 6.88. The minimum absolute atomic E-state index is 0.594. The first-order valence-electron chi connectivity index (χ1n) is 8.79. The lowest BCUT2D eigenvalue weighted by atomic mass is 10.0. The third-order valence-electron chi connectivity index (χ3n) is 4.79. The minimum Gasteiger partial charge on any atom is -0.222 e. The molecule has 0 unspecified atom stereocenters. The first-order valence-corrected chi connectivity index (χ1v) is 9.58. The summed E-state index contributed by atoms with van der Waals surface area (Å²) in [5, 5.41) is 4.86. The maximum atomic E-state index is 4.60. The molecule has 0 aliphatic heterocycles. The molecule has 0 fully saturated rings. The summed E-state index contributed by atoms with van der Waals surface area (Å²) in [7, 11) is 0. The Morgan fingerprint density at radius 1 is 0.481 bits per heavy atom. The Labute approximate surface area is 165 Å². The largest absolute Gasteiger partial charge is 0.222 e. The monoisotopic (exact) mass is 410 g/mol. The summed E-state index contributed by atoms with van der Waals surface area (Å²) in [6, 6.07) is 31.6. The van der Waals surface area contributed by atoms with Gasteiger partial charge < -0.3 is 0 Å². The van der Waals surface area contributed by atoms with Crippen LogP contribution in [0.2, 0.25) is 0 Å². The van der Waals surface area contributed by atoms with Crippen LogP contribution in [0.3, 0.4) is 0 Å². The second-order valence-electron chi connectivity index (χ2n) is 6.53. The van der Waals surface area contributed by atoms with Gasteiger partial charge in [-0.25, -0.2) is 9.97 Å². The summed E-state index contributed by atoms with van der Waals surface area (Å²) in [5.74, 6) is 0. The molecule has 0 saturated carbocycles. The van der Waals surface area contributed by atoms with Gasteiger partial charge in [0, 0.05) is 11.1 Å². The molecular weight excluding hydrogens is 396 g/mol. The van der Waals surface area contributed by atoms with E-state index in [1.165, 1.54) is 21.5 Å². The van der Waals surface area contributed by atoms with E-state index in [1.54, 1.807) is 0 Å². The van der Waals surface area contributed by atoms with Crippen molar-refractivity contribution >= 4 is 37.5 Å². The number of hydrogen-bond donors (Lipinski definition) is 0. The Kier molecular flexibility index (Phi) is 3.95. The van der Waals surface area contributed by atoms with Gasteiger partial charge in [-0.2, -0.15) is 0 Å². The molecule has 1 aromatic heterocycles. The third-order valence-corrected chi connectivity index (χ3v) is 5.14. The summed E-state index contributed by atoms with van der Waals surface area (Å²) in [6.45, 7) is 0. The highest BCUT2D eigenvalue weighted by atomic mass is 79.9. The normalized spacial score (nSPS) is 11.1. The summed E-state index contributed by atoms with van der Waals surface area (Å²) < 4.78 is 0.594. The summed E-state index contributed by atoms with van der Waals surface area (Å²) in [6.07, 6.45) is 0. The fraction of sp³-hybridized carbons (Fsp3) is 0. The minimum atomic E-state index is 0.594. The van der Waals surface area contributed by atoms with E-state index in [2.05, 4.69) is 117 Å². The van der Waals surface area contributed by atoms with Crippen LogP contribution >= 0.6 is 15.9 Å². The van der Waals surface area contributed by atoms with Crippen molar-refractivity contribution < 1.29 is 0 Å². The number of hydrogen-bond acceptors (Lipinski definition) is 2. The lowest BCUT2D eigenvalue weighted by molar-refractivity contribution is 1.12. The molecule has 0 atom stereocenters. The van der Waals surface area contributed by atoms with Crippen LogP contribution in [0.1, 0.15) is 0 Å². The Morgan fingerprint density at radius 2 is 0.926 bits per heavy atom. The Morgan fingerprint density at radius 3 is 1.41 bits per heavy atom. The smallest absolute Gasteiger partial charge is 0.197 e. The Bertz CT molecular complexity index is 1200. The molecule has 5 aromatic rings. The molecule has 0 aliphatic rings. The number of nitrogens with zero attached hydrogens (tertiary/aromatic N) is 2. The summed E-state index contributed by atoms with van der Waals surface area (Å²) >= 11 is 3.48. The molecule has 2 nitrogen and oxygen atoms in total. The van der Waals surface area contributed by atoms with E-state index >= 15 is 0 Å². The highest BCUT2D eigenvalue weighted by Gasteiger charge is 2.09. The first-order chi connectivity index (χ1) is 13.3. The molecule has 0 spiro atoms. The zero-order chi connectivity index (χ0) is 18.2. The molecule has 0 radical (unpaired) electrons. The molecule has 0 aliphatic carbocycles. The standard InChI is InChI=1S/C24H15BrN2/c25-24-26-22(20-11-9-16-5-1-3-7-18(16)13-20)15-23(27-24)21-12-10-17-6-2-4-8-19(17)14-21/h1-15H. The van der Waals surface area contributed by atoms with Crippen LogP contribution in [0, 0.1) is 0 Å². The van der Waals surface area contributed by atoms with E-state index in [4.69, 9.17) is 0 Å². The molecule has 3 heteroatoms. The second kappa shape index (κ2) is 6.60. The van der Waals surface area contributed by atoms with Gasteiger partial charge in [-0.1, -0.05) is 72.8 Å². The van der Waals surface area contributed by atoms with Crippen LogP contribution in [0.25, 0.3) is 44.1 Å². The quantitative estimate of drug-likeness (QED) is 0.296. The maximum absolute atomic E-state index is 4.60. The topological polar surface area (TPSA) is 25.8 Å². The van der Waals surface area contributed by atoms with Gasteiger partial charge in [0.2, 0.25) is 0 Å². The maximum Gasteiger partial charge on any atom is 0.197 e. The number of halogens is 1. The van der Waals surface area contributed by atoms with Gasteiger partial charge in [-0.3, -0.25) is 0 Å². The van der Waals surface area contributed by atoms with Gasteiger partial charge in [0.15, 0.2) is 4.73 Å². The number of fused-ring (bicyclic) bond motifs is 2. The molecule has 1 heterocycles. The lowest BCUT2D eigenvalue weighted by Crippen LogP contribution is -1.92. The fourth-order valence-electron chi connectivity index (χ4n) is 3.41. The van der Waals surface area contributed by atoms with Crippen LogP contribution < -0.4 is 0 Å². The highest BCUT2D eigenvalue weighted by molar-refractivity contribution is 9.10. The molecule has 0 amide bonds. The van der Waals surface area contributed by atoms with E-state index in [0.29, 0.717) is 4.73 Å². The van der Waals surface area contributed by atoms with Crippen LogP contribution in [0.4, 0.5) is 0 Å². The van der Waals surface area contributed by atoms with Crippen molar-refractivity contribution in [2.24, 2.45) is 0 Å². The summed E-state index contributed by atoms with van der Waals surface area (Å²) in [4.78, 5) is 9.21. The van der Waals surface area contributed by atoms with Gasteiger partial charge >= 0.3 is 0 Å². The van der Waals surface area contributed by atoms with Crippen molar-refractivity contribution in [3.8, 4) is 22.5 Å². The van der Waals surface area contributed by atoms with Crippen LogP contribution in [0.5, 0.6) is 0 Å². The zero-order valence-corrected chi connectivity index (χ0v) is 16.0. The van der Waals surface area contributed by atoms with E-state index in [9.17, 15) is 0 Å². The first kappa shape index (κ1) is 16.2. The molecule has 0 N–H and O–H groups in total. The van der Waals surface area contributed by atoms with Crippen molar-refractivity contribution in [2.75, 3.05) is 0 Å². The second-order valence-corrected chi connectivity index (χ2v) is 7.24. The Hall–Kier alpha value is -3.04. The number of rotatable bonds is 2. The van der Waals surface area contributed by atoms with Crippen LogP contribution in [-0.2, 0) is 0 Å². The van der Waals surface area contributed by atoms with Gasteiger partial charge in [-0.15, -0.1) is 0 Å². The number of aromatic nitrogens is 2. The van der Waals surface area contributed by atoms with E-state index in [1.807, 2.05) is 0 Å². The molecule has 128 valence electrons. The van der Waals surface area contributed by atoms with Crippen LogP contribution in [0.15, 0.2) is 95.7 Å². The van der Waals surface area contributed by atoms with Gasteiger partial charge in [-0.05, 0) is 55.7 Å². The van der Waals surface area contributed by atoms with Gasteiger partial charge in [0.1, 0.15) is 0 Å². The average molecular weight is 411 g/mol. The lowest BCUT2D eigenvalue weighted by Gasteiger charge is -2.08. The van der Waals surface area contributed by atoms with Gasteiger partial charge in [0.05, 0.1) is 11.4 Å². The van der Waals surface area contributed by atoms with Gasteiger partial charge in [0.25, 0.3) is 0 Å². The van der Waals surface area contributed by atoms with Crippen molar-refractivity contribution in [2.45, 2.75) is 0 Å². The average Bonchev–Trinajstić information content (AvgIpc) is 2.72. The van der Waals surface area contributed by atoms with E-state index in [-0.39, 0.29) is 0 Å². The van der Waals surface area contributed by atoms with Crippen molar-refractivity contribution in [3.63, 3.8) is 0 Å². The molecule has 5 rings (SSSR count). The van der Waals surface area contributed by atoms with Crippen molar-refractivity contribution in [1.82, 2.24) is 9.97 Å². The molecule has 0 saturated heterocycles. The molecule has 0 bridgehead atoms. The molecule has 4 aromatic carbocycles. The number of benzene rings is 4. The van der Waals surface area contributed by atoms with E-state index in [0.717, 1.165) is 22.5 Å². The zero-order valence-electron chi connectivity index (χ0n) is 14.4. The summed E-state index contributed by atoms with van der Waals surface area (Å²) in [5.41, 5.74) is 3.98. The predicted molar refractivity (Wildman–Crippen MR) is 116 cm³/mol. The molecular formula is C24H15BrN2. The van der Waals surface area contributed by atoms with Crippen molar-refractivity contribution in [3.05, 3.63) is 95.7 Å². The fourth-order valence-corrected chi connectivity index (χ4v) is 3.79. The van der Waals surface area contributed by atoms with E-state index < -0.39 is 0 Å². The van der Waals surface area contributed by atoms with Crippen molar-refractivity contribution in [1.29, 1.82) is 0 Å². The van der Waals surface area contributed by atoms with Crippen LogP contribution in [-0.4, -0.2) is 9.97 Å². The Balaban J connectivity index is 1.64.